The minimum atomic E-state index is -1.48. The van der Waals surface area contributed by atoms with Gasteiger partial charge in [-0.15, -0.1) is 0 Å². The molecule has 0 saturated carbocycles. The Morgan fingerprint density at radius 2 is 1.00 bits per heavy atom. The van der Waals surface area contributed by atoms with Gasteiger partial charge in [-0.1, -0.05) is 0 Å². The Labute approximate surface area is 101 Å². The summed E-state index contributed by atoms with van der Waals surface area (Å²) in [5.74, 6) is 0. The zero-order valence-electron chi connectivity index (χ0n) is 11.1. The summed E-state index contributed by atoms with van der Waals surface area (Å²) in [6.45, 7) is 12.7. The van der Waals surface area contributed by atoms with Crippen LogP contribution in [0.25, 0.3) is 0 Å². The normalized spacial score (nSPS) is 13.6. The molecule has 0 radical (unpaired) electrons. The molecular weight excluding hydrogens is 236 g/mol. The van der Waals surface area contributed by atoms with Crippen LogP contribution in [0.4, 0.5) is 0 Å². The second-order valence-electron chi connectivity index (χ2n) is 5.38. The van der Waals surface area contributed by atoms with Gasteiger partial charge in [-0.25, -0.2) is 0 Å². The first-order valence-corrected chi connectivity index (χ1v) is 12.2. The Hall–Kier alpha value is -0.566. The summed E-state index contributed by atoms with van der Waals surface area (Å²) < 4.78 is 10.8. The lowest BCUT2D eigenvalue weighted by Gasteiger charge is -2.15. The van der Waals surface area contributed by atoms with Gasteiger partial charge in [-0.05, 0) is 51.4 Å². The van der Waals surface area contributed by atoms with Crippen LogP contribution in [0.5, 0.6) is 0 Å². The topological polar surface area (TPSA) is 42.5 Å². The van der Waals surface area contributed by atoms with E-state index < -0.39 is 16.6 Å². The van der Waals surface area contributed by atoms with Gasteiger partial charge >= 0.3 is 0 Å². The van der Waals surface area contributed by atoms with Crippen molar-refractivity contribution in [2.24, 2.45) is 0 Å². The first kappa shape index (κ1) is 15.4. The molecule has 2 N–H and O–H groups in total. The monoisotopic (exact) mass is 260 g/mol. The predicted molar refractivity (Wildman–Crippen MR) is 73.4 cm³/mol. The molecule has 16 heavy (non-hydrogen) atoms. The van der Waals surface area contributed by atoms with E-state index in [0.29, 0.717) is 0 Å². The minimum absolute atomic E-state index is 1.48. The Balaban J connectivity index is 3.57. The minimum Gasteiger partial charge on any atom is -0.323 e. The summed E-state index contributed by atoms with van der Waals surface area (Å²) in [4.78, 5) is 0. The lowest BCUT2D eigenvalue weighted by molar-refractivity contribution is 0.233. The Kier molecular flexibility index (Phi) is 6.65. The molecule has 94 valence electrons. The Bertz CT molecular complexity index is 216. The second kappa shape index (κ2) is 6.90. The lowest BCUT2D eigenvalue weighted by atomic mass is 10.6. The average molecular weight is 260 g/mol. The third kappa shape index (κ3) is 13.4. The fourth-order valence-electron chi connectivity index (χ4n) is 0.611. The highest BCUT2D eigenvalue weighted by Gasteiger charge is 2.14. The molecule has 0 bridgehead atoms. The molecular formula is C10H24N2O2Si2. The van der Waals surface area contributed by atoms with Gasteiger partial charge < -0.3 is 9.05 Å². The summed E-state index contributed by atoms with van der Waals surface area (Å²) in [6.07, 6.45) is 7.21. The zero-order chi connectivity index (χ0) is 12.7. The smallest absolute Gasteiger partial charge is 0.220 e. The largest absolute Gasteiger partial charge is 0.323 e. The van der Waals surface area contributed by atoms with Crippen molar-refractivity contribution in [1.82, 2.24) is 11.0 Å². The highest BCUT2D eigenvalue weighted by Crippen LogP contribution is 1.99. The summed E-state index contributed by atoms with van der Waals surface area (Å²) in [5, 5.41) is 0. The molecule has 6 heteroatoms. The molecule has 0 heterocycles. The maximum atomic E-state index is 5.41. The first-order chi connectivity index (χ1) is 7.21. The summed E-state index contributed by atoms with van der Waals surface area (Å²) in [6, 6.07) is 0. The number of nitrogens with one attached hydrogen (secondary N) is 2. The van der Waals surface area contributed by atoms with E-state index in [9.17, 15) is 0 Å². The van der Waals surface area contributed by atoms with Crippen LogP contribution in [0.3, 0.4) is 0 Å². The molecule has 0 aromatic rings. The van der Waals surface area contributed by atoms with Crippen molar-refractivity contribution in [2.45, 2.75) is 39.3 Å². The number of hydroxylamine groups is 2. The molecule has 0 spiro atoms. The van der Waals surface area contributed by atoms with Crippen molar-refractivity contribution < 1.29 is 9.05 Å². The van der Waals surface area contributed by atoms with Gasteiger partial charge in [0.2, 0.25) is 16.6 Å². The Morgan fingerprint density at radius 3 is 1.25 bits per heavy atom. The summed E-state index contributed by atoms with van der Waals surface area (Å²) in [7, 11) is -2.96. The van der Waals surface area contributed by atoms with E-state index in [1.165, 1.54) is 0 Å². The van der Waals surface area contributed by atoms with Crippen molar-refractivity contribution in [1.29, 1.82) is 0 Å². The van der Waals surface area contributed by atoms with E-state index >= 15 is 0 Å². The SMILES string of the molecule is C[Si](C)(C)ONC=CC=CNO[Si](C)(C)C. The van der Waals surface area contributed by atoms with E-state index in [0.717, 1.165) is 0 Å². The maximum Gasteiger partial charge on any atom is 0.220 e. The van der Waals surface area contributed by atoms with Crippen LogP contribution in [0.2, 0.25) is 39.3 Å². The lowest BCUT2D eigenvalue weighted by Crippen LogP contribution is -2.31. The van der Waals surface area contributed by atoms with Crippen molar-refractivity contribution >= 4 is 16.6 Å². The molecule has 0 fully saturated rings. The van der Waals surface area contributed by atoms with Crippen molar-refractivity contribution in [3.63, 3.8) is 0 Å². The van der Waals surface area contributed by atoms with Crippen molar-refractivity contribution in [3.8, 4) is 0 Å². The van der Waals surface area contributed by atoms with Crippen LogP contribution < -0.4 is 11.0 Å². The number of hydrogen-bond acceptors (Lipinski definition) is 4. The average Bonchev–Trinajstić information content (AvgIpc) is 2.06. The third-order valence-corrected chi connectivity index (χ3v) is 2.63. The fourth-order valence-corrected chi connectivity index (χ4v) is 1.45. The molecule has 0 rings (SSSR count). The maximum absolute atomic E-state index is 5.41. The zero-order valence-corrected chi connectivity index (χ0v) is 13.1. The predicted octanol–water partition coefficient (Wildman–Crippen LogP) is 2.73. The van der Waals surface area contributed by atoms with Crippen LogP contribution in [-0.2, 0) is 9.05 Å². The van der Waals surface area contributed by atoms with E-state index in [-0.39, 0.29) is 0 Å². The molecule has 0 unspecified atom stereocenters. The number of hydrogen-bond donors (Lipinski definition) is 2. The van der Waals surface area contributed by atoms with Crippen LogP contribution in [0.15, 0.2) is 24.6 Å². The molecule has 0 atom stereocenters. The first-order valence-electron chi connectivity index (χ1n) is 5.39. The second-order valence-corrected chi connectivity index (χ2v) is 14.2. The van der Waals surface area contributed by atoms with Gasteiger partial charge in [-0.3, -0.25) is 11.0 Å². The molecule has 4 nitrogen and oxygen atoms in total. The Morgan fingerprint density at radius 1 is 0.688 bits per heavy atom. The molecule has 0 aromatic heterocycles. The third-order valence-electron chi connectivity index (χ3n) is 1.17. The quantitative estimate of drug-likeness (QED) is 0.420. The highest BCUT2D eigenvalue weighted by atomic mass is 28.4. The highest BCUT2D eigenvalue weighted by molar-refractivity contribution is 6.69. The van der Waals surface area contributed by atoms with E-state index in [4.69, 9.17) is 9.05 Å². The van der Waals surface area contributed by atoms with Gasteiger partial charge in [0.25, 0.3) is 0 Å². The van der Waals surface area contributed by atoms with Gasteiger partial charge in [0.05, 0.1) is 0 Å². The van der Waals surface area contributed by atoms with Gasteiger partial charge in [0, 0.05) is 12.4 Å². The standard InChI is InChI=1S/C10H24N2O2Si2/c1-15(2,3)13-11-9-7-8-10-12-14-16(4,5)6/h7-12H,1-6H3. The molecule has 0 aliphatic carbocycles. The van der Waals surface area contributed by atoms with Gasteiger partial charge in [0.1, 0.15) is 0 Å². The van der Waals surface area contributed by atoms with E-state index in [1.54, 1.807) is 12.4 Å². The molecule has 0 amide bonds. The van der Waals surface area contributed by atoms with Gasteiger partial charge in [-0.2, -0.15) is 0 Å². The number of rotatable bonds is 7. The van der Waals surface area contributed by atoms with E-state index in [2.05, 4.69) is 50.2 Å². The molecule has 0 saturated heterocycles. The van der Waals surface area contributed by atoms with Crippen LogP contribution >= 0.6 is 0 Å². The van der Waals surface area contributed by atoms with Gasteiger partial charge in [0.15, 0.2) is 0 Å². The summed E-state index contributed by atoms with van der Waals surface area (Å²) >= 11 is 0. The van der Waals surface area contributed by atoms with E-state index in [1.807, 2.05) is 12.2 Å². The van der Waals surface area contributed by atoms with Crippen LogP contribution in [0, 0.1) is 0 Å². The molecule has 0 aliphatic heterocycles. The van der Waals surface area contributed by atoms with Crippen LogP contribution in [-0.4, -0.2) is 16.6 Å². The van der Waals surface area contributed by atoms with Crippen molar-refractivity contribution in [3.05, 3.63) is 24.6 Å². The summed E-state index contributed by atoms with van der Waals surface area (Å²) in [5.41, 5.74) is 5.60. The van der Waals surface area contributed by atoms with Crippen LogP contribution in [0.1, 0.15) is 0 Å². The van der Waals surface area contributed by atoms with Crippen molar-refractivity contribution in [2.75, 3.05) is 0 Å². The molecule has 0 aliphatic rings. The molecule has 0 aromatic carbocycles. The fraction of sp³-hybridized carbons (Fsp3) is 0.600. The number of allylic oxidation sites excluding steroid dienone is 2.